The highest BCUT2D eigenvalue weighted by Gasteiger charge is 2.20. The van der Waals surface area contributed by atoms with Gasteiger partial charge in [-0.15, -0.1) is 0 Å². The van der Waals surface area contributed by atoms with Gasteiger partial charge >= 0.3 is 0 Å². The predicted octanol–water partition coefficient (Wildman–Crippen LogP) is 8.03. The molecule has 1 heterocycles. The largest absolute Gasteiger partial charge is 0.367 e. The zero-order chi connectivity index (χ0) is 22.5. The number of aliphatic imine (C=N–C) groups is 1. The Bertz CT molecular complexity index is 872. The highest BCUT2D eigenvalue weighted by molar-refractivity contribution is 5.95. The van der Waals surface area contributed by atoms with E-state index in [2.05, 4.69) is 105 Å². The lowest BCUT2D eigenvalue weighted by Crippen LogP contribution is -2.24. The Kier molecular flexibility index (Phi) is 11.2. The number of hydrogen-bond acceptors (Lipinski definition) is 2. The zero-order valence-corrected chi connectivity index (χ0v) is 19.7. The number of nitrogens with zero attached hydrogens (tertiary/aromatic N) is 2. The van der Waals surface area contributed by atoms with Crippen molar-refractivity contribution in [1.29, 1.82) is 0 Å². The monoisotopic (exact) mass is 402 g/mol. The Labute approximate surface area is 184 Å². The molecule has 160 valence electrons. The van der Waals surface area contributed by atoms with Crippen LogP contribution in [0.25, 0.3) is 11.3 Å². The van der Waals surface area contributed by atoms with Crippen molar-refractivity contribution in [2.45, 2.75) is 48.1 Å². The maximum absolute atomic E-state index is 4.34. The second kappa shape index (κ2) is 13.4. The molecule has 1 aliphatic heterocycles. The number of fused-ring (bicyclic) bond motifs is 2. The molecule has 2 aromatic carbocycles. The van der Waals surface area contributed by atoms with Gasteiger partial charge in [-0.05, 0) is 49.2 Å². The van der Waals surface area contributed by atoms with Crippen LogP contribution in [0.5, 0.6) is 0 Å². The fourth-order valence-corrected chi connectivity index (χ4v) is 3.38. The molecule has 0 N–H and O–H groups in total. The summed E-state index contributed by atoms with van der Waals surface area (Å²) in [5.74, 6) is 0.651. The average Bonchev–Trinajstić information content (AvgIpc) is 2.78. The van der Waals surface area contributed by atoms with Gasteiger partial charge in [0.1, 0.15) is 0 Å². The first kappa shape index (κ1) is 25.2. The normalized spacial score (nSPS) is 15.0. The van der Waals surface area contributed by atoms with E-state index >= 15 is 0 Å². The van der Waals surface area contributed by atoms with Gasteiger partial charge in [0.25, 0.3) is 0 Å². The molecule has 0 aliphatic carbocycles. The molecule has 2 nitrogen and oxygen atoms in total. The lowest BCUT2D eigenvalue weighted by Gasteiger charge is -2.30. The van der Waals surface area contributed by atoms with Crippen LogP contribution in [-0.2, 0) is 6.54 Å². The molecule has 0 fully saturated rings. The maximum Gasteiger partial charge on any atom is 0.0750 e. The maximum atomic E-state index is 4.34. The van der Waals surface area contributed by atoms with Crippen molar-refractivity contribution in [2.24, 2.45) is 10.9 Å². The lowest BCUT2D eigenvalue weighted by molar-refractivity contribution is 0.826. The first-order valence-electron chi connectivity index (χ1n) is 10.9. The van der Waals surface area contributed by atoms with Crippen LogP contribution in [0.3, 0.4) is 0 Å². The van der Waals surface area contributed by atoms with Crippen LogP contribution in [-0.4, -0.2) is 13.3 Å². The first-order chi connectivity index (χ1) is 14.5. The van der Waals surface area contributed by atoms with E-state index in [0.717, 1.165) is 18.8 Å². The standard InChI is InChI=1S/C19H20N2.C7H12.C2H6/c1-4-21-13-15-9-5-6-10-16(15)14(2)19(20-3)17-11-7-8-12-18(17)21;1-4-5-6-7(2)3;1-2/h5-12H,3-4,13H2,1-2H3;4-7H,1H2,2-3H3;1-2H3/b19-14+;6-5+;. The molecule has 3 rings (SSSR count). The smallest absolute Gasteiger partial charge is 0.0750 e. The molecule has 0 bridgehead atoms. The van der Waals surface area contributed by atoms with E-state index in [9.17, 15) is 0 Å². The summed E-state index contributed by atoms with van der Waals surface area (Å²) in [6, 6.07) is 17.0. The summed E-state index contributed by atoms with van der Waals surface area (Å²) in [4.78, 5) is 6.74. The van der Waals surface area contributed by atoms with Crippen LogP contribution in [0.15, 0.2) is 78.3 Å². The van der Waals surface area contributed by atoms with E-state index in [1.165, 1.54) is 28.0 Å². The SMILES string of the molecule is C=C/C=C/C(C)C.C=N/C1=C(\C)c2ccccc2CN(CC)c2ccccc21.CC. The minimum atomic E-state index is 0.651. The van der Waals surface area contributed by atoms with Crippen LogP contribution in [0.1, 0.15) is 58.2 Å². The van der Waals surface area contributed by atoms with Crippen molar-refractivity contribution < 1.29 is 0 Å². The summed E-state index contributed by atoms with van der Waals surface area (Å²) in [6.45, 7) is 21.8. The second-order valence-electron chi connectivity index (χ2n) is 7.18. The molecule has 0 unspecified atom stereocenters. The Hall–Kier alpha value is -2.87. The summed E-state index contributed by atoms with van der Waals surface area (Å²) in [6.07, 6.45) is 5.86. The molecule has 2 heteroatoms. The van der Waals surface area contributed by atoms with Gasteiger partial charge in [0, 0.05) is 24.3 Å². The molecule has 0 saturated heterocycles. The third kappa shape index (κ3) is 6.59. The van der Waals surface area contributed by atoms with Gasteiger partial charge in [0.2, 0.25) is 0 Å². The van der Waals surface area contributed by atoms with Crippen molar-refractivity contribution in [2.75, 3.05) is 11.4 Å². The fraction of sp³-hybridized carbons (Fsp3) is 0.321. The van der Waals surface area contributed by atoms with Gasteiger partial charge in [-0.1, -0.05) is 95.0 Å². The van der Waals surface area contributed by atoms with Crippen LogP contribution < -0.4 is 4.90 Å². The lowest BCUT2D eigenvalue weighted by atomic mass is 9.93. The molecule has 0 radical (unpaired) electrons. The van der Waals surface area contributed by atoms with Gasteiger partial charge in [-0.2, -0.15) is 0 Å². The number of anilines is 1. The number of hydrogen-bond donors (Lipinski definition) is 0. The van der Waals surface area contributed by atoms with Gasteiger partial charge in [-0.25, -0.2) is 0 Å². The third-order valence-electron chi connectivity index (χ3n) is 4.81. The third-order valence-corrected chi connectivity index (χ3v) is 4.81. The molecular weight excluding hydrogens is 364 g/mol. The predicted molar refractivity (Wildman–Crippen MR) is 137 cm³/mol. The minimum absolute atomic E-state index is 0.651. The van der Waals surface area contributed by atoms with Crippen molar-refractivity contribution in [1.82, 2.24) is 0 Å². The van der Waals surface area contributed by atoms with E-state index in [1.54, 1.807) is 6.08 Å². The summed E-state index contributed by atoms with van der Waals surface area (Å²) in [5, 5.41) is 0. The van der Waals surface area contributed by atoms with Crippen molar-refractivity contribution in [3.05, 3.63) is 90.0 Å². The Morgan fingerprint density at radius 2 is 1.63 bits per heavy atom. The molecule has 0 saturated carbocycles. The fourth-order valence-electron chi connectivity index (χ4n) is 3.38. The number of allylic oxidation sites excluding steroid dienone is 4. The van der Waals surface area contributed by atoms with Gasteiger partial charge < -0.3 is 4.90 Å². The summed E-state index contributed by atoms with van der Waals surface area (Å²) < 4.78 is 0. The van der Waals surface area contributed by atoms with E-state index in [1.807, 2.05) is 19.9 Å². The first-order valence-corrected chi connectivity index (χ1v) is 10.9. The van der Waals surface area contributed by atoms with Crippen LogP contribution in [0.4, 0.5) is 5.69 Å². The Morgan fingerprint density at radius 3 is 2.17 bits per heavy atom. The van der Waals surface area contributed by atoms with Crippen molar-refractivity contribution in [3.63, 3.8) is 0 Å². The molecular formula is C28H38N2. The van der Waals surface area contributed by atoms with E-state index in [0.29, 0.717) is 5.92 Å². The van der Waals surface area contributed by atoms with Crippen LogP contribution in [0.2, 0.25) is 0 Å². The van der Waals surface area contributed by atoms with E-state index in [4.69, 9.17) is 0 Å². The highest BCUT2D eigenvalue weighted by atomic mass is 15.1. The zero-order valence-electron chi connectivity index (χ0n) is 19.7. The van der Waals surface area contributed by atoms with Crippen molar-refractivity contribution in [3.8, 4) is 0 Å². The van der Waals surface area contributed by atoms with E-state index < -0.39 is 0 Å². The summed E-state index contributed by atoms with van der Waals surface area (Å²) in [7, 11) is 0. The molecule has 0 atom stereocenters. The quantitative estimate of drug-likeness (QED) is 0.373. The molecule has 0 spiro atoms. The summed E-state index contributed by atoms with van der Waals surface area (Å²) >= 11 is 0. The highest BCUT2D eigenvalue weighted by Crippen LogP contribution is 2.37. The minimum Gasteiger partial charge on any atom is -0.367 e. The van der Waals surface area contributed by atoms with Crippen LogP contribution >= 0.6 is 0 Å². The van der Waals surface area contributed by atoms with Gasteiger partial charge in [0.05, 0.1) is 5.70 Å². The molecule has 0 amide bonds. The molecule has 0 aromatic heterocycles. The van der Waals surface area contributed by atoms with Crippen LogP contribution in [0, 0.1) is 5.92 Å². The number of rotatable bonds is 4. The number of benzene rings is 2. The molecule has 30 heavy (non-hydrogen) atoms. The molecule has 2 aromatic rings. The topological polar surface area (TPSA) is 15.6 Å². The average molecular weight is 403 g/mol. The van der Waals surface area contributed by atoms with Gasteiger partial charge in [0.15, 0.2) is 0 Å². The number of para-hydroxylation sites is 1. The molecule has 1 aliphatic rings. The van der Waals surface area contributed by atoms with Gasteiger partial charge in [-0.3, -0.25) is 4.99 Å². The van der Waals surface area contributed by atoms with Crippen molar-refractivity contribution >= 4 is 23.7 Å². The Morgan fingerprint density at radius 1 is 1.03 bits per heavy atom. The summed E-state index contributed by atoms with van der Waals surface area (Å²) in [5.41, 5.74) is 7.19. The second-order valence-corrected chi connectivity index (χ2v) is 7.18. The van der Waals surface area contributed by atoms with E-state index in [-0.39, 0.29) is 0 Å². The Balaban J connectivity index is 0.000000428.